The van der Waals surface area contributed by atoms with Crippen LogP contribution in [0, 0.1) is 0 Å². The average molecular weight is 249 g/mol. The molecule has 2 rings (SSSR count). The maximum Gasteiger partial charge on any atom is 0.236 e. The van der Waals surface area contributed by atoms with E-state index in [1.807, 2.05) is 18.9 Å². The van der Waals surface area contributed by atoms with Gasteiger partial charge in [-0.05, 0) is 24.0 Å². The third-order valence-corrected chi connectivity index (χ3v) is 4.72. The maximum absolute atomic E-state index is 11.8. The predicted molar refractivity (Wildman–Crippen MR) is 73.1 cm³/mol. The summed E-state index contributed by atoms with van der Waals surface area (Å²) >= 11 is 1.73. The Morgan fingerprint density at radius 3 is 2.24 bits per heavy atom. The van der Waals surface area contributed by atoms with Gasteiger partial charge in [-0.1, -0.05) is 38.1 Å². The van der Waals surface area contributed by atoms with Gasteiger partial charge < -0.3 is 4.90 Å². The van der Waals surface area contributed by atoms with Gasteiger partial charge in [-0.3, -0.25) is 4.79 Å². The molecule has 0 spiro atoms. The van der Waals surface area contributed by atoms with Crippen LogP contribution in [0.15, 0.2) is 24.3 Å². The molecule has 2 atom stereocenters. The van der Waals surface area contributed by atoms with Gasteiger partial charge in [0.1, 0.15) is 5.37 Å². The highest BCUT2D eigenvalue weighted by molar-refractivity contribution is 8.01. The largest absolute Gasteiger partial charge is 0.329 e. The van der Waals surface area contributed by atoms with Gasteiger partial charge in [-0.2, -0.15) is 0 Å². The molecule has 0 aliphatic carbocycles. The Hall–Kier alpha value is -0.960. The van der Waals surface area contributed by atoms with Crippen molar-refractivity contribution in [3.8, 4) is 0 Å². The quantitative estimate of drug-likeness (QED) is 0.800. The molecule has 1 aliphatic rings. The predicted octanol–water partition coefficient (Wildman–Crippen LogP) is 3.40. The summed E-state index contributed by atoms with van der Waals surface area (Å²) in [5, 5.41) is 0.258. The molecule has 92 valence electrons. The van der Waals surface area contributed by atoms with Gasteiger partial charge in [0.15, 0.2) is 0 Å². The van der Waals surface area contributed by atoms with Crippen LogP contribution in [0.2, 0.25) is 0 Å². The van der Waals surface area contributed by atoms with Gasteiger partial charge in [0.2, 0.25) is 5.91 Å². The molecule has 0 saturated carbocycles. The van der Waals surface area contributed by atoms with E-state index < -0.39 is 0 Å². The molecule has 0 unspecified atom stereocenters. The minimum atomic E-state index is 0.0785. The summed E-state index contributed by atoms with van der Waals surface area (Å²) in [7, 11) is 1.89. The molecule has 0 N–H and O–H groups in total. The topological polar surface area (TPSA) is 20.3 Å². The molecular formula is C14H19NOS. The standard InChI is InChI=1S/C14H19NOS/c1-9(2)11-5-7-12(8-6-11)14-15(4)13(16)10(3)17-14/h5-10,14H,1-4H3/t10-,14-/m1/s1. The minimum absolute atomic E-state index is 0.0785. The van der Waals surface area contributed by atoms with E-state index >= 15 is 0 Å². The summed E-state index contributed by atoms with van der Waals surface area (Å²) in [5.41, 5.74) is 2.57. The van der Waals surface area contributed by atoms with E-state index in [1.165, 1.54) is 11.1 Å². The molecule has 1 aliphatic heterocycles. The minimum Gasteiger partial charge on any atom is -0.329 e. The second kappa shape index (κ2) is 4.73. The molecule has 1 fully saturated rings. The molecule has 0 bridgehead atoms. The van der Waals surface area contributed by atoms with Gasteiger partial charge in [-0.15, -0.1) is 11.8 Å². The van der Waals surface area contributed by atoms with Crippen LogP contribution in [0.3, 0.4) is 0 Å². The van der Waals surface area contributed by atoms with Crippen molar-refractivity contribution in [1.82, 2.24) is 4.90 Å². The fourth-order valence-electron chi connectivity index (χ4n) is 2.09. The van der Waals surface area contributed by atoms with Crippen LogP contribution in [0.1, 0.15) is 43.2 Å². The summed E-state index contributed by atoms with van der Waals surface area (Å²) < 4.78 is 0. The van der Waals surface area contributed by atoms with Crippen LogP contribution in [0.25, 0.3) is 0 Å². The second-order valence-corrected chi connectivity index (χ2v) is 6.33. The molecule has 3 heteroatoms. The van der Waals surface area contributed by atoms with Gasteiger partial charge >= 0.3 is 0 Å². The third-order valence-electron chi connectivity index (χ3n) is 3.27. The van der Waals surface area contributed by atoms with E-state index in [9.17, 15) is 4.79 Å². The zero-order chi connectivity index (χ0) is 12.6. The average Bonchev–Trinajstić information content (AvgIpc) is 2.57. The van der Waals surface area contributed by atoms with Crippen LogP contribution in [-0.2, 0) is 4.79 Å². The fourth-order valence-corrected chi connectivity index (χ4v) is 3.36. The Morgan fingerprint density at radius 1 is 1.24 bits per heavy atom. The summed E-state index contributed by atoms with van der Waals surface area (Å²) in [6.45, 7) is 6.36. The van der Waals surface area contributed by atoms with Crippen molar-refractivity contribution in [3.05, 3.63) is 35.4 Å². The van der Waals surface area contributed by atoms with E-state index in [4.69, 9.17) is 0 Å². The zero-order valence-corrected chi connectivity index (χ0v) is 11.6. The number of nitrogens with zero attached hydrogens (tertiary/aromatic N) is 1. The van der Waals surface area contributed by atoms with Crippen molar-refractivity contribution < 1.29 is 4.79 Å². The third kappa shape index (κ3) is 2.34. The van der Waals surface area contributed by atoms with E-state index in [2.05, 4.69) is 38.1 Å². The number of hydrogen-bond donors (Lipinski definition) is 0. The van der Waals surface area contributed by atoms with Crippen LogP contribution >= 0.6 is 11.8 Å². The van der Waals surface area contributed by atoms with Crippen LogP contribution in [-0.4, -0.2) is 23.1 Å². The first-order chi connectivity index (χ1) is 8.00. The van der Waals surface area contributed by atoms with E-state index in [1.54, 1.807) is 11.8 Å². The fraction of sp³-hybridized carbons (Fsp3) is 0.500. The van der Waals surface area contributed by atoms with Gasteiger partial charge in [0.25, 0.3) is 0 Å². The van der Waals surface area contributed by atoms with E-state index in [-0.39, 0.29) is 16.5 Å². The maximum atomic E-state index is 11.8. The highest BCUT2D eigenvalue weighted by Crippen LogP contribution is 2.41. The SMILES string of the molecule is CC(C)c1ccc([C@H]2S[C@H](C)C(=O)N2C)cc1. The zero-order valence-electron chi connectivity index (χ0n) is 10.8. The van der Waals surface area contributed by atoms with Crippen molar-refractivity contribution in [2.75, 3.05) is 7.05 Å². The van der Waals surface area contributed by atoms with Gasteiger partial charge in [-0.25, -0.2) is 0 Å². The molecule has 0 aromatic heterocycles. The molecule has 0 radical (unpaired) electrons. The van der Waals surface area contributed by atoms with Crippen molar-refractivity contribution in [1.29, 1.82) is 0 Å². The van der Waals surface area contributed by atoms with Gasteiger partial charge in [0.05, 0.1) is 5.25 Å². The lowest BCUT2D eigenvalue weighted by molar-refractivity contribution is -0.128. The molecule has 2 nitrogen and oxygen atoms in total. The van der Waals surface area contributed by atoms with Gasteiger partial charge in [0, 0.05) is 7.05 Å². The smallest absolute Gasteiger partial charge is 0.236 e. The van der Waals surface area contributed by atoms with Crippen molar-refractivity contribution in [2.45, 2.75) is 37.3 Å². The van der Waals surface area contributed by atoms with E-state index in [0.717, 1.165) is 0 Å². The lowest BCUT2D eigenvalue weighted by Crippen LogP contribution is -2.25. The molecule has 1 heterocycles. The summed E-state index contributed by atoms with van der Waals surface area (Å²) in [6.07, 6.45) is 0. The van der Waals surface area contributed by atoms with Crippen molar-refractivity contribution in [2.24, 2.45) is 0 Å². The lowest BCUT2D eigenvalue weighted by atomic mass is 10.0. The normalized spacial score (nSPS) is 24.8. The summed E-state index contributed by atoms with van der Waals surface area (Å²) in [6, 6.07) is 8.63. The van der Waals surface area contributed by atoms with Crippen molar-refractivity contribution >= 4 is 17.7 Å². The number of amides is 1. The first kappa shape index (κ1) is 12.5. The second-order valence-electron chi connectivity index (χ2n) is 4.90. The highest BCUT2D eigenvalue weighted by Gasteiger charge is 2.35. The Morgan fingerprint density at radius 2 is 1.82 bits per heavy atom. The Kier molecular flexibility index (Phi) is 3.48. The molecule has 1 saturated heterocycles. The number of carbonyl (C=O) groups is 1. The number of benzene rings is 1. The van der Waals surface area contributed by atoms with Crippen LogP contribution < -0.4 is 0 Å². The highest BCUT2D eigenvalue weighted by atomic mass is 32.2. The molecule has 17 heavy (non-hydrogen) atoms. The Labute approximate surface area is 107 Å². The lowest BCUT2D eigenvalue weighted by Gasteiger charge is -2.19. The Bertz CT molecular complexity index is 413. The number of hydrogen-bond acceptors (Lipinski definition) is 2. The molecule has 1 amide bonds. The number of thioether (sulfide) groups is 1. The molecular weight excluding hydrogens is 230 g/mol. The summed E-state index contributed by atoms with van der Waals surface area (Å²) in [4.78, 5) is 13.6. The molecule has 1 aromatic carbocycles. The summed E-state index contributed by atoms with van der Waals surface area (Å²) in [5.74, 6) is 0.784. The number of carbonyl (C=O) groups excluding carboxylic acids is 1. The number of rotatable bonds is 2. The van der Waals surface area contributed by atoms with E-state index in [0.29, 0.717) is 5.92 Å². The van der Waals surface area contributed by atoms with Crippen molar-refractivity contribution in [3.63, 3.8) is 0 Å². The first-order valence-electron chi connectivity index (χ1n) is 6.02. The Balaban J connectivity index is 2.21. The monoisotopic (exact) mass is 249 g/mol. The first-order valence-corrected chi connectivity index (χ1v) is 6.97. The molecule has 1 aromatic rings. The van der Waals surface area contributed by atoms with Crippen LogP contribution in [0.5, 0.6) is 0 Å². The van der Waals surface area contributed by atoms with Crippen LogP contribution in [0.4, 0.5) is 0 Å².